The maximum Gasteiger partial charge on any atom is 0.337 e. The molecule has 0 aliphatic heterocycles. The van der Waals surface area contributed by atoms with Gasteiger partial charge < -0.3 is 4.74 Å². The number of thiophene rings is 1. The van der Waals surface area contributed by atoms with Crippen molar-refractivity contribution in [1.29, 1.82) is 0 Å². The number of carbonyl (C=O) groups is 2. The molecule has 0 fully saturated rings. The molecule has 102 valence electrons. The SMILES string of the molecule is COC(=O)c1ccc(C=NNC(=O)c2cccs2)cc1. The molecule has 1 heterocycles. The van der Waals surface area contributed by atoms with Crippen LogP contribution in [0.25, 0.3) is 0 Å². The van der Waals surface area contributed by atoms with Crippen molar-refractivity contribution in [1.82, 2.24) is 5.43 Å². The summed E-state index contributed by atoms with van der Waals surface area (Å²) in [5, 5.41) is 5.68. The van der Waals surface area contributed by atoms with Gasteiger partial charge >= 0.3 is 5.97 Å². The number of rotatable bonds is 4. The summed E-state index contributed by atoms with van der Waals surface area (Å²) in [7, 11) is 1.33. The lowest BCUT2D eigenvalue weighted by atomic mass is 10.1. The van der Waals surface area contributed by atoms with E-state index in [2.05, 4.69) is 15.3 Å². The number of esters is 1. The number of nitrogens with one attached hydrogen (secondary N) is 1. The molecule has 0 aliphatic rings. The smallest absolute Gasteiger partial charge is 0.337 e. The lowest BCUT2D eigenvalue weighted by Gasteiger charge is -1.99. The zero-order valence-electron chi connectivity index (χ0n) is 10.7. The highest BCUT2D eigenvalue weighted by Gasteiger charge is 2.04. The molecular weight excluding hydrogens is 276 g/mol. The highest BCUT2D eigenvalue weighted by atomic mass is 32.1. The van der Waals surface area contributed by atoms with E-state index in [1.165, 1.54) is 24.7 Å². The van der Waals surface area contributed by atoms with Crippen molar-refractivity contribution in [2.24, 2.45) is 5.10 Å². The van der Waals surface area contributed by atoms with Gasteiger partial charge in [0, 0.05) is 0 Å². The van der Waals surface area contributed by atoms with Crippen LogP contribution >= 0.6 is 11.3 Å². The number of ether oxygens (including phenoxy) is 1. The molecule has 5 nitrogen and oxygen atoms in total. The molecule has 0 bridgehead atoms. The summed E-state index contributed by atoms with van der Waals surface area (Å²) < 4.78 is 4.60. The molecular formula is C14H12N2O3S. The fourth-order valence-electron chi connectivity index (χ4n) is 1.45. The van der Waals surface area contributed by atoms with Crippen LogP contribution in [0.3, 0.4) is 0 Å². The van der Waals surface area contributed by atoms with Gasteiger partial charge in [-0.25, -0.2) is 10.2 Å². The quantitative estimate of drug-likeness (QED) is 0.533. The summed E-state index contributed by atoms with van der Waals surface area (Å²) in [5.74, 6) is -0.637. The van der Waals surface area contributed by atoms with Gasteiger partial charge in [-0.2, -0.15) is 5.10 Å². The Morgan fingerprint density at radius 1 is 1.25 bits per heavy atom. The molecule has 0 radical (unpaired) electrons. The maximum absolute atomic E-state index is 11.6. The Kier molecular flexibility index (Phi) is 4.62. The van der Waals surface area contributed by atoms with Gasteiger partial charge in [0.2, 0.25) is 0 Å². The molecule has 0 saturated carbocycles. The van der Waals surface area contributed by atoms with Crippen LogP contribution in [-0.2, 0) is 4.74 Å². The Bertz CT molecular complexity index is 618. The van der Waals surface area contributed by atoms with Gasteiger partial charge in [-0.05, 0) is 29.1 Å². The number of hydrazone groups is 1. The first-order valence-corrected chi connectivity index (χ1v) is 6.64. The average molecular weight is 288 g/mol. The molecule has 0 saturated heterocycles. The number of amides is 1. The third-order valence-corrected chi connectivity index (χ3v) is 3.33. The van der Waals surface area contributed by atoms with Crippen LogP contribution in [0, 0.1) is 0 Å². The van der Waals surface area contributed by atoms with Gasteiger partial charge in [0.05, 0.1) is 23.8 Å². The third kappa shape index (κ3) is 3.52. The minimum atomic E-state index is -0.389. The first-order chi connectivity index (χ1) is 9.70. The van der Waals surface area contributed by atoms with Crippen LogP contribution in [0.2, 0.25) is 0 Å². The van der Waals surface area contributed by atoms with Crippen LogP contribution in [0.1, 0.15) is 25.6 Å². The van der Waals surface area contributed by atoms with Crippen molar-refractivity contribution in [3.8, 4) is 0 Å². The van der Waals surface area contributed by atoms with E-state index >= 15 is 0 Å². The summed E-state index contributed by atoms with van der Waals surface area (Å²) in [6.45, 7) is 0. The van der Waals surface area contributed by atoms with Gasteiger partial charge in [-0.3, -0.25) is 4.79 Å². The molecule has 1 aromatic carbocycles. The number of carbonyl (C=O) groups excluding carboxylic acids is 2. The van der Waals surface area contributed by atoms with Crippen LogP contribution in [0.5, 0.6) is 0 Å². The van der Waals surface area contributed by atoms with Crippen molar-refractivity contribution >= 4 is 29.4 Å². The Morgan fingerprint density at radius 3 is 2.60 bits per heavy atom. The summed E-state index contributed by atoms with van der Waals surface area (Å²) in [6.07, 6.45) is 1.51. The zero-order valence-corrected chi connectivity index (χ0v) is 11.5. The second-order valence-electron chi connectivity index (χ2n) is 3.79. The average Bonchev–Trinajstić information content (AvgIpc) is 3.01. The molecule has 0 spiro atoms. The van der Waals surface area contributed by atoms with E-state index in [4.69, 9.17) is 0 Å². The molecule has 2 aromatic rings. The number of hydrogen-bond acceptors (Lipinski definition) is 5. The Labute approximate surface area is 119 Å². The van der Waals surface area contributed by atoms with E-state index in [-0.39, 0.29) is 11.9 Å². The fourth-order valence-corrected chi connectivity index (χ4v) is 2.06. The molecule has 1 amide bonds. The van der Waals surface area contributed by atoms with Gasteiger partial charge in [0.25, 0.3) is 5.91 Å². The first-order valence-electron chi connectivity index (χ1n) is 5.76. The highest BCUT2D eigenvalue weighted by Crippen LogP contribution is 2.07. The van der Waals surface area contributed by atoms with Crippen molar-refractivity contribution in [2.45, 2.75) is 0 Å². The Morgan fingerprint density at radius 2 is 2.00 bits per heavy atom. The number of nitrogens with zero attached hydrogens (tertiary/aromatic N) is 1. The molecule has 2 rings (SSSR count). The fraction of sp³-hybridized carbons (Fsp3) is 0.0714. The zero-order chi connectivity index (χ0) is 14.4. The minimum absolute atomic E-state index is 0.248. The second kappa shape index (κ2) is 6.63. The van der Waals surface area contributed by atoms with E-state index < -0.39 is 0 Å². The van der Waals surface area contributed by atoms with Gasteiger partial charge in [0.1, 0.15) is 0 Å². The van der Waals surface area contributed by atoms with Gasteiger partial charge in [-0.1, -0.05) is 18.2 Å². The van der Waals surface area contributed by atoms with E-state index in [0.29, 0.717) is 10.4 Å². The normalized spacial score (nSPS) is 10.4. The predicted molar refractivity (Wildman–Crippen MR) is 77.2 cm³/mol. The largest absolute Gasteiger partial charge is 0.465 e. The van der Waals surface area contributed by atoms with Crippen LogP contribution < -0.4 is 5.43 Å². The predicted octanol–water partition coefficient (Wildman–Crippen LogP) is 2.30. The van der Waals surface area contributed by atoms with Crippen molar-refractivity contribution in [3.05, 3.63) is 57.8 Å². The van der Waals surface area contributed by atoms with E-state index in [1.54, 1.807) is 36.4 Å². The topological polar surface area (TPSA) is 67.8 Å². The van der Waals surface area contributed by atoms with Crippen molar-refractivity contribution < 1.29 is 14.3 Å². The van der Waals surface area contributed by atoms with E-state index in [9.17, 15) is 9.59 Å². The molecule has 6 heteroatoms. The summed E-state index contributed by atoms with van der Waals surface area (Å²) in [4.78, 5) is 23.5. The molecule has 1 aromatic heterocycles. The van der Waals surface area contributed by atoms with Crippen molar-refractivity contribution in [3.63, 3.8) is 0 Å². The van der Waals surface area contributed by atoms with Crippen LogP contribution in [0.15, 0.2) is 46.9 Å². The first kappa shape index (κ1) is 14.0. The minimum Gasteiger partial charge on any atom is -0.465 e. The number of hydrogen-bond donors (Lipinski definition) is 1. The standard InChI is InChI=1S/C14H12N2O3S/c1-19-14(18)11-6-4-10(5-7-11)9-15-16-13(17)12-3-2-8-20-12/h2-9H,1H3,(H,16,17). The molecule has 0 aliphatic carbocycles. The van der Waals surface area contributed by atoms with Crippen molar-refractivity contribution in [2.75, 3.05) is 7.11 Å². The highest BCUT2D eigenvalue weighted by molar-refractivity contribution is 7.12. The molecule has 20 heavy (non-hydrogen) atoms. The summed E-state index contributed by atoms with van der Waals surface area (Å²) >= 11 is 1.35. The molecule has 0 atom stereocenters. The Balaban J connectivity index is 1.95. The number of methoxy groups -OCH3 is 1. The van der Waals surface area contributed by atoms with Gasteiger partial charge in [-0.15, -0.1) is 11.3 Å². The molecule has 1 N–H and O–H groups in total. The monoisotopic (exact) mass is 288 g/mol. The van der Waals surface area contributed by atoms with E-state index in [0.717, 1.165) is 5.56 Å². The number of benzene rings is 1. The maximum atomic E-state index is 11.6. The van der Waals surface area contributed by atoms with Crippen LogP contribution in [-0.4, -0.2) is 25.2 Å². The summed E-state index contributed by atoms with van der Waals surface area (Å²) in [5.41, 5.74) is 3.66. The lowest BCUT2D eigenvalue weighted by Crippen LogP contribution is -2.16. The van der Waals surface area contributed by atoms with E-state index in [1.807, 2.05) is 5.38 Å². The lowest BCUT2D eigenvalue weighted by molar-refractivity contribution is 0.0600. The Hall–Kier alpha value is -2.47. The van der Waals surface area contributed by atoms with Gasteiger partial charge in [0.15, 0.2) is 0 Å². The summed E-state index contributed by atoms with van der Waals surface area (Å²) in [6, 6.07) is 10.2. The molecule has 0 unspecified atom stereocenters. The third-order valence-electron chi connectivity index (χ3n) is 2.46. The van der Waals surface area contributed by atoms with Crippen LogP contribution in [0.4, 0.5) is 0 Å². The second-order valence-corrected chi connectivity index (χ2v) is 4.74.